The number of rotatable bonds is 8. The van der Waals surface area contributed by atoms with Crippen LogP contribution in [0.5, 0.6) is 5.75 Å². The van der Waals surface area contributed by atoms with Gasteiger partial charge in [-0.3, -0.25) is 0 Å². The molecule has 2 heteroatoms. The van der Waals surface area contributed by atoms with E-state index in [1.807, 2.05) is 24.3 Å². The summed E-state index contributed by atoms with van der Waals surface area (Å²) in [5.41, 5.74) is 1.20. The molecule has 1 aromatic rings. The third kappa shape index (κ3) is 5.17. The van der Waals surface area contributed by atoms with Crippen molar-refractivity contribution in [1.29, 1.82) is 0 Å². The topological polar surface area (TPSA) is 18.5 Å². The van der Waals surface area contributed by atoms with Crippen LogP contribution < -0.4 is 4.74 Å². The summed E-state index contributed by atoms with van der Waals surface area (Å²) in [6.07, 6.45) is 5.04. The maximum atomic E-state index is 5.60. The van der Waals surface area contributed by atoms with Gasteiger partial charge in [-0.05, 0) is 24.1 Å². The normalized spacial score (nSPS) is 10.4. The maximum absolute atomic E-state index is 5.60. The van der Waals surface area contributed by atoms with Crippen molar-refractivity contribution in [3.05, 3.63) is 29.8 Å². The van der Waals surface area contributed by atoms with Crippen LogP contribution in [0.1, 0.15) is 38.2 Å². The van der Waals surface area contributed by atoms with Gasteiger partial charge in [-0.15, -0.1) is 0 Å². The zero-order valence-electron chi connectivity index (χ0n) is 10.4. The Morgan fingerprint density at radius 3 is 2.38 bits per heavy atom. The second kappa shape index (κ2) is 8.17. The molecule has 0 spiro atoms. The van der Waals surface area contributed by atoms with E-state index in [1.165, 1.54) is 31.2 Å². The molecule has 0 radical (unpaired) electrons. The van der Waals surface area contributed by atoms with E-state index in [1.54, 1.807) is 7.11 Å². The summed E-state index contributed by atoms with van der Waals surface area (Å²) in [5, 5.41) is 0. The zero-order chi connectivity index (χ0) is 11.6. The van der Waals surface area contributed by atoms with Crippen molar-refractivity contribution in [2.75, 3.05) is 13.7 Å². The number of ether oxygens (including phenoxy) is 2. The van der Waals surface area contributed by atoms with Gasteiger partial charge in [-0.1, -0.05) is 38.3 Å². The molecule has 0 aliphatic heterocycles. The molecule has 1 rings (SSSR count). The lowest BCUT2D eigenvalue weighted by molar-refractivity contribution is 0.117. The average molecular weight is 222 g/mol. The van der Waals surface area contributed by atoms with Crippen molar-refractivity contribution in [2.24, 2.45) is 0 Å². The van der Waals surface area contributed by atoms with E-state index in [0.717, 1.165) is 12.4 Å². The Bertz CT molecular complexity index is 267. The third-order valence-electron chi connectivity index (χ3n) is 2.57. The van der Waals surface area contributed by atoms with Crippen molar-refractivity contribution in [2.45, 2.75) is 39.2 Å². The summed E-state index contributed by atoms with van der Waals surface area (Å²) in [4.78, 5) is 0. The van der Waals surface area contributed by atoms with Crippen LogP contribution in [0.2, 0.25) is 0 Å². The molecule has 0 atom stereocenters. The summed E-state index contributed by atoms with van der Waals surface area (Å²) < 4.78 is 10.7. The number of hydrogen-bond donors (Lipinski definition) is 0. The Labute approximate surface area is 98.6 Å². The molecule has 0 amide bonds. The van der Waals surface area contributed by atoms with E-state index in [2.05, 4.69) is 6.92 Å². The van der Waals surface area contributed by atoms with E-state index >= 15 is 0 Å². The van der Waals surface area contributed by atoms with E-state index < -0.39 is 0 Å². The Hall–Kier alpha value is -1.02. The first kappa shape index (κ1) is 13.0. The molecule has 90 valence electrons. The van der Waals surface area contributed by atoms with Crippen molar-refractivity contribution in [1.82, 2.24) is 0 Å². The molecule has 0 bridgehead atoms. The Morgan fingerprint density at radius 2 is 1.75 bits per heavy atom. The van der Waals surface area contributed by atoms with Crippen molar-refractivity contribution >= 4 is 0 Å². The highest BCUT2D eigenvalue weighted by atomic mass is 16.5. The highest BCUT2D eigenvalue weighted by Gasteiger charge is 1.95. The Balaban J connectivity index is 2.12. The largest absolute Gasteiger partial charge is 0.497 e. The van der Waals surface area contributed by atoms with Gasteiger partial charge in [0.15, 0.2) is 0 Å². The number of methoxy groups -OCH3 is 1. The minimum Gasteiger partial charge on any atom is -0.497 e. The van der Waals surface area contributed by atoms with E-state index in [0.29, 0.717) is 6.61 Å². The lowest BCUT2D eigenvalue weighted by Gasteiger charge is -2.05. The minimum atomic E-state index is 0.704. The summed E-state index contributed by atoms with van der Waals surface area (Å²) in [6, 6.07) is 8.03. The summed E-state index contributed by atoms with van der Waals surface area (Å²) in [7, 11) is 1.68. The monoisotopic (exact) mass is 222 g/mol. The average Bonchev–Trinajstić information content (AvgIpc) is 2.34. The van der Waals surface area contributed by atoms with Crippen molar-refractivity contribution in [3.8, 4) is 5.75 Å². The van der Waals surface area contributed by atoms with E-state index in [-0.39, 0.29) is 0 Å². The smallest absolute Gasteiger partial charge is 0.118 e. The van der Waals surface area contributed by atoms with Crippen molar-refractivity contribution < 1.29 is 9.47 Å². The van der Waals surface area contributed by atoms with Crippen LogP contribution in [0.25, 0.3) is 0 Å². The van der Waals surface area contributed by atoms with Gasteiger partial charge in [-0.25, -0.2) is 0 Å². The fraction of sp³-hybridized carbons (Fsp3) is 0.571. The van der Waals surface area contributed by atoms with E-state index in [4.69, 9.17) is 9.47 Å². The third-order valence-corrected chi connectivity index (χ3v) is 2.57. The maximum Gasteiger partial charge on any atom is 0.118 e. The first-order valence-corrected chi connectivity index (χ1v) is 6.07. The van der Waals surface area contributed by atoms with Gasteiger partial charge in [0, 0.05) is 6.61 Å². The van der Waals surface area contributed by atoms with Gasteiger partial charge in [0.25, 0.3) is 0 Å². The number of unbranched alkanes of at least 4 members (excludes halogenated alkanes) is 3. The molecular formula is C14H22O2. The molecule has 0 N–H and O–H groups in total. The standard InChI is InChI=1S/C14H22O2/c1-3-4-5-6-11-16-12-13-7-9-14(15-2)10-8-13/h7-10H,3-6,11-12H2,1-2H3. The molecule has 0 saturated heterocycles. The molecule has 16 heavy (non-hydrogen) atoms. The van der Waals surface area contributed by atoms with Gasteiger partial charge < -0.3 is 9.47 Å². The van der Waals surface area contributed by atoms with Crippen LogP contribution in [-0.2, 0) is 11.3 Å². The highest BCUT2D eigenvalue weighted by molar-refractivity contribution is 5.26. The number of benzene rings is 1. The molecule has 0 aliphatic rings. The molecule has 0 fully saturated rings. The lowest BCUT2D eigenvalue weighted by atomic mass is 10.2. The molecule has 0 aromatic heterocycles. The molecule has 0 saturated carbocycles. The summed E-state index contributed by atoms with van der Waals surface area (Å²) >= 11 is 0. The molecule has 0 unspecified atom stereocenters. The van der Waals surface area contributed by atoms with Crippen LogP contribution in [0, 0.1) is 0 Å². The fourth-order valence-electron chi connectivity index (χ4n) is 1.54. The second-order valence-electron chi connectivity index (χ2n) is 3.96. The fourth-order valence-corrected chi connectivity index (χ4v) is 1.54. The summed E-state index contributed by atoms with van der Waals surface area (Å²) in [5.74, 6) is 0.895. The predicted molar refractivity (Wildman–Crippen MR) is 66.8 cm³/mol. The lowest BCUT2D eigenvalue weighted by Crippen LogP contribution is -1.95. The van der Waals surface area contributed by atoms with Gasteiger partial charge in [0.05, 0.1) is 13.7 Å². The van der Waals surface area contributed by atoms with Crippen molar-refractivity contribution in [3.63, 3.8) is 0 Å². The molecule has 1 aromatic carbocycles. The first-order chi connectivity index (χ1) is 7.86. The van der Waals surface area contributed by atoms with Crippen LogP contribution in [0.4, 0.5) is 0 Å². The second-order valence-corrected chi connectivity index (χ2v) is 3.96. The first-order valence-electron chi connectivity index (χ1n) is 6.07. The quantitative estimate of drug-likeness (QED) is 0.623. The van der Waals surface area contributed by atoms with Crippen LogP contribution >= 0.6 is 0 Å². The SMILES string of the molecule is CCCCCCOCc1ccc(OC)cc1. The van der Waals surface area contributed by atoms with Gasteiger partial charge >= 0.3 is 0 Å². The van der Waals surface area contributed by atoms with Gasteiger partial charge in [0.1, 0.15) is 5.75 Å². The molecule has 2 nitrogen and oxygen atoms in total. The highest BCUT2D eigenvalue weighted by Crippen LogP contribution is 2.12. The predicted octanol–water partition coefficient (Wildman–Crippen LogP) is 3.79. The molecule has 0 heterocycles. The van der Waals surface area contributed by atoms with Crippen LogP contribution in [0.15, 0.2) is 24.3 Å². The molecular weight excluding hydrogens is 200 g/mol. The van der Waals surface area contributed by atoms with Crippen LogP contribution in [-0.4, -0.2) is 13.7 Å². The van der Waals surface area contributed by atoms with Gasteiger partial charge in [-0.2, -0.15) is 0 Å². The van der Waals surface area contributed by atoms with Crippen LogP contribution in [0.3, 0.4) is 0 Å². The zero-order valence-corrected chi connectivity index (χ0v) is 10.4. The Kier molecular flexibility index (Phi) is 6.66. The van der Waals surface area contributed by atoms with Gasteiger partial charge in [0.2, 0.25) is 0 Å². The van der Waals surface area contributed by atoms with E-state index in [9.17, 15) is 0 Å². The number of hydrogen-bond acceptors (Lipinski definition) is 2. The molecule has 0 aliphatic carbocycles. The summed E-state index contributed by atoms with van der Waals surface area (Å²) in [6.45, 7) is 3.79. The minimum absolute atomic E-state index is 0.704. The Morgan fingerprint density at radius 1 is 1.00 bits per heavy atom.